The molecule has 24 heavy (non-hydrogen) atoms. The van der Waals surface area contributed by atoms with Crippen molar-refractivity contribution >= 4 is 44.7 Å². The van der Waals surface area contributed by atoms with E-state index in [1.807, 2.05) is 18.2 Å². The van der Waals surface area contributed by atoms with Crippen LogP contribution in [0.1, 0.15) is 11.8 Å². The minimum Gasteiger partial charge on any atom is -0.368 e. The van der Waals surface area contributed by atoms with E-state index in [0.717, 1.165) is 48.3 Å². The number of aryl methyl sites for hydroxylation is 1. The van der Waals surface area contributed by atoms with Gasteiger partial charge >= 0.3 is 0 Å². The van der Waals surface area contributed by atoms with Crippen molar-refractivity contribution in [3.63, 3.8) is 0 Å². The molecule has 0 saturated carbocycles. The van der Waals surface area contributed by atoms with Crippen LogP contribution in [0.2, 0.25) is 5.02 Å². The summed E-state index contributed by atoms with van der Waals surface area (Å²) in [6, 6.07) is 10.3. The van der Waals surface area contributed by atoms with Crippen molar-refractivity contribution in [2.75, 3.05) is 36.0 Å². The maximum Gasteiger partial charge on any atom is 0.140 e. The van der Waals surface area contributed by atoms with Crippen molar-refractivity contribution in [2.45, 2.75) is 13.3 Å². The Balaban J connectivity index is 1.55. The van der Waals surface area contributed by atoms with Gasteiger partial charge in [0.05, 0.1) is 5.39 Å². The van der Waals surface area contributed by atoms with Crippen molar-refractivity contribution in [2.24, 2.45) is 0 Å². The van der Waals surface area contributed by atoms with Crippen LogP contribution in [0.3, 0.4) is 0 Å². The van der Waals surface area contributed by atoms with Gasteiger partial charge in [-0.2, -0.15) is 0 Å². The summed E-state index contributed by atoms with van der Waals surface area (Å²) < 4.78 is 0. The molecule has 1 saturated heterocycles. The standard InChI is InChI=1S/C18H19ClN4S/c1-2-15-11-16-17(20-12-21-18(16)24-15)23-8-6-22(7-9-23)14-5-3-4-13(19)10-14/h3-5,10-12H,2,6-9H2,1H3. The Labute approximate surface area is 150 Å². The number of hydrogen-bond donors (Lipinski definition) is 0. The molecule has 2 aromatic heterocycles. The molecule has 124 valence electrons. The van der Waals surface area contributed by atoms with Gasteiger partial charge in [0.2, 0.25) is 0 Å². The monoisotopic (exact) mass is 358 g/mol. The molecule has 0 bridgehead atoms. The first-order valence-electron chi connectivity index (χ1n) is 8.23. The zero-order valence-corrected chi connectivity index (χ0v) is 15.1. The lowest BCUT2D eigenvalue weighted by atomic mass is 10.2. The Hall–Kier alpha value is -1.85. The van der Waals surface area contributed by atoms with Gasteiger partial charge in [-0.25, -0.2) is 9.97 Å². The second-order valence-electron chi connectivity index (χ2n) is 5.94. The molecule has 1 aromatic carbocycles. The second kappa shape index (κ2) is 6.57. The molecule has 3 heterocycles. The Kier molecular flexibility index (Phi) is 4.29. The van der Waals surface area contributed by atoms with Gasteiger partial charge in [-0.3, -0.25) is 0 Å². The zero-order valence-electron chi connectivity index (χ0n) is 13.6. The van der Waals surface area contributed by atoms with Crippen molar-refractivity contribution < 1.29 is 0 Å². The quantitative estimate of drug-likeness (QED) is 0.701. The summed E-state index contributed by atoms with van der Waals surface area (Å²) in [5, 5.41) is 1.98. The summed E-state index contributed by atoms with van der Waals surface area (Å²) in [5.74, 6) is 1.07. The van der Waals surface area contributed by atoms with Crippen LogP contribution in [0.15, 0.2) is 36.7 Å². The highest BCUT2D eigenvalue weighted by molar-refractivity contribution is 7.18. The largest absolute Gasteiger partial charge is 0.368 e. The Morgan fingerprint density at radius 1 is 1.08 bits per heavy atom. The SMILES string of the molecule is CCc1cc2c(N3CCN(c4cccc(Cl)c4)CC3)ncnc2s1. The van der Waals surface area contributed by atoms with Crippen LogP contribution < -0.4 is 9.80 Å². The summed E-state index contributed by atoms with van der Waals surface area (Å²) in [6.07, 6.45) is 2.74. The van der Waals surface area contributed by atoms with Crippen LogP contribution >= 0.6 is 22.9 Å². The first-order valence-corrected chi connectivity index (χ1v) is 9.43. The molecule has 0 amide bonds. The summed E-state index contributed by atoms with van der Waals surface area (Å²) in [6.45, 7) is 6.03. The molecule has 1 aliphatic rings. The van der Waals surface area contributed by atoms with Gasteiger partial charge in [0, 0.05) is 41.8 Å². The van der Waals surface area contributed by atoms with Gasteiger partial charge in [0.15, 0.2) is 0 Å². The molecule has 0 unspecified atom stereocenters. The van der Waals surface area contributed by atoms with E-state index in [1.165, 1.54) is 16.0 Å². The normalized spacial score (nSPS) is 15.2. The van der Waals surface area contributed by atoms with E-state index in [4.69, 9.17) is 11.6 Å². The molecular weight excluding hydrogens is 340 g/mol. The first kappa shape index (κ1) is 15.7. The molecular formula is C18H19ClN4S. The summed E-state index contributed by atoms with van der Waals surface area (Å²) in [7, 11) is 0. The van der Waals surface area contributed by atoms with E-state index in [1.54, 1.807) is 17.7 Å². The molecule has 4 rings (SSSR count). The third kappa shape index (κ3) is 2.94. The van der Waals surface area contributed by atoms with Crippen LogP contribution in [0.4, 0.5) is 11.5 Å². The third-order valence-electron chi connectivity index (χ3n) is 4.46. The van der Waals surface area contributed by atoms with Gasteiger partial charge < -0.3 is 9.80 Å². The van der Waals surface area contributed by atoms with E-state index in [-0.39, 0.29) is 0 Å². The number of anilines is 2. The van der Waals surface area contributed by atoms with Gasteiger partial charge in [-0.1, -0.05) is 24.6 Å². The lowest BCUT2D eigenvalue weighted by molar-refractivity contribution is 0.649. The molecule has 1 aliphatic heterocycles. The minimum absolute atomic E-state index is 0.790. The number of benzene rings is 1. The maximum absolute atomic E-state index is 6.12. The first-order chi connectivity index (χ1) is 11.7. The lowest BCUT2D eigenvalue weighted by Gasteiger charge is -2.37. The smallest absolute Gasteiger partial charge is 0.140 e. The number of nitrogens with zero attached hydrogens (tertiary/aromatic N) is 4. The molecule has 3 aromatic rings. The highest BCUT2D eigenvalue weighted by atomic mass is 35.5. The number of halogens is 1. The van der Waals surface area contributed by atoms with E-state index in [9.17, 15) is 0 Å². The third-order valence-corrected chi connectivity index (χ3v) is 5.88. The second-order valence-corrected chi connectivity index (χ2v) is 7.49. The van der Waals surface area contributed by atoms with Crippen molar-refractivity contribution in [3.8, 4) is 0 Å². The fourth-order valence-corrected chi connectivity index (χ4v) is 4.28. The molecule has 0 N–H and O–H groups in total. The fraction of sp³-hybridized carbons (Fsp3) is 0.333. The average molecular weight is 359 g/mol. The van der Waals surface area contributed by atoms with E-state index in [0.29, 0.717) is 0 Å². The lowest BCUT2D eigenvalue weighted by Crippen LogP contribution is -2.46. The van der Waals surface area contributed by atoms with Crippen LogP contribution in [0.25, 0.3) is 10.2 Å². The highest BCUT2D eigenvalue weighted by Crippen LogP contribution is 2.31. The predicted molar refractivity (Wildman–Crippen MR) is 103 cm³/mol. The Bertz CT molecular complexity index is 855. The van der Waals surface area contributed by atoms with Crippen LogP contribution in [0, 0.1) is 0 Å². The number of thiophene rings is 1. The topological polar surface area (TPSA) is 32.3 Å². The number of aromatic nitrogens is 2. The number of hydrogen-bond acceptors (Lipinski definition) is 5. The molecule has 0 aliphatic carbocycles. The number of piperazine rings is 1. The molecule has 1 fully saturated rings. The van der Waals surface area contributed by atoms with Crippen LogP contribution in [-0.2, 0) is 6.42 Å². The number of rotatable bonds is 3. The van der Waals surface area contributed by atoms with Crippen molar-refractivity contribution in [1.29, 1.82) is 0 Å². The highest BCUT2D eigenvalue weighted by Gasteiger charge is 2.21. The molecule has 0 radical (unpaired) electrons. The van der Waals surface area contributed by atoms with Gasteiger partial charge in [-0.05, 0) is 30.7 Å². The van der Waals surface area contributed by atoms with E-state index in [2.05, 4.69) is 38.8 Å². The minimum atomic E-state index is 0.790. The van der Waals surface area contributed by atoms with Gasteiger partial charge in [-0.15, -0.1) is 11.3 Å². The summed E-state index contributed by atoms with van der Waals surface area (Å²) in [5.41, 5.74) is 1.19. The zero-order chi connectivity index (χ0) is 16.5. The summed E-state index contributed by atoms with van der Waals surface area (Å²) >= 11 is 7.89. The molecule has 0 spiro atoms. The molecule has 4 nitrogen and oxygen atoms in total. The summed E-state index contributed by atoms with van der Waals surface area (Å²) in [4.78, 5) is 16.2. The Morgan fingerprint density at radius 3 is 2.62 bits per heavy atom. The van der Waals surface area contributed by atoms with Gasteiger partial charge in [0.25, 0.3) is 0 Å². The van der Waals surface area contributed by atoms with Crippen molar-refractivity contribution in [3.05, 3.63) is 46.6 Å². The number of fused-ring (bicyclic) bond motifs is 1. The van der Waals surface area contributed by atoms with E-state index >= 15 is 0 Å². The van der Waals surface area contributed by atoms with E-state index < -0.39 is 0 Å². The molecule has 6 heteroatoms. The van der Waals surface area contributed by atoms with Crippen LogP contribution in [0.5, 0.6) is 0 Å². The van der Waals surface area contributed by atoms with Gasteiger partial charge in [0.1, 0.15) is 17.0 Å². The molecule has 0 atom stereocenters. The van der Waals surface area contributed by atoms with Crippen LogP contribution in [-0.4, -0.2) is 36.1 Å². The predicted octanol–water partition coefficient (Wildman–Crippen LogP) is 4.23. The average Bonchev–Trinajstić information content (AvgIpc) is 3.05. The Morgan fingerprint density at radius 2 is 1.88 bits per heavy atom. The van der Waals surface area contributed by atoms with Crippen molar-refractivity contribution in [1.82, 2.24) is 9.97 Å². The fourth-order valence-electron chi connectivity index (χ4n) is 3.17. The maximum atomic E-state index is 6.12.